The normalized spacial score (nSPS) is 19.5. The van der Waals surface area contributed by atoms with Crippen molar-refractivity contribution in [3.05, 3.63) is 76.6 Å². The molecule has 2 aromatic carbocycles. The first-order valence-electron chi connectivity index (χ1n) is 11.1. The van der Waals surface area contributed by atoms with E-state index in [0.29, 0.717) is 29.0 Å². The van der Waals surface area contributed by atoms with Gasteiger partial charge in [-0.2, -0.15) is 0 Å². The number of carbonyl (C=O) groups is 2. The summed E-state index contributed by atoms with van der Waals surface area (Å²) in [5.74, 6) is 0.632. The molecule has 33 heavy (non-hydrogen) atoms. The van der Waals surface area contributed by atoms with Gasteiger partial charge < -0.3 is 20.1 Å². The molecule has 1 aliphatic heterocycles. The molecule has 6 nitrogen and oxygen atoms in total. The summed E-state index contributed by atoms with van der Waals surface area (Å²) in [5.41, 5.74) is 4.17. The monoisotopic (exact) mass is 446 g/mol. The zero-order chi connectivity index (χ0) is 23.8. The number of hydrogen-bond donors (Lipinski definition) is 2. The highest BCUT2D eigenvalue weighted by molar-refractivity contribution is 6.10. The van der Waals surface area contributed by atoms with Crippen molar-refractivity contribution in [3.63, 3.8) is 0 Å². The number of ether oxygens (including phenoxy) is 2. The molecule has 2 N–H and O–H groups in total. The Kier molecular flexibility index (Phi) is 6.02. The molecule has 6 heteroatoms. The van der Waals surface area contributed by atoms with E-state index in [0.717, 1.165) is 29.1 Å². The lowest BCUT2D eigenvalue weighted by Gasteiger charge is -2.39. The molecule has 2 aromatic rings. The van der Waals surface area contributed by atoms with Gasteiger partial charge in [-0.15, -0.1) is 0 Å². The third kappa shape index (κ3) is 4.38. The SMILES string of the molecule is COc1ccc([C@@H]2C(C(=O)Nc3ccccc3OC)=C(C)NC3=C2C(=O)CC(C)(C)C3)cc1. The molecule has 2 aliphatic rings. The molecule has 0 fully saturated rings. The Balaban J connectivity index is 1.80. The van der Waals surface area contributed by atoms with E-state index in [2.05, 4.69) is 24.5 Å². The van der Waals surface area contributed by atoms with Gasteiger partial charge in [0, 0.05) is 34.9 Å². The molecule has 0 bridgehead atoms. The highest BCUT2D eigenvalue weighted by Crippen LogP contribution is 2.47. The highest BCUT2D eigenvalue weighted by Gasteiger charge is 2.42. The van der Waals surface area contributed by atoms with Gasteiger partial charge in [-0.1, -0.05) is 38.1 Å². The van der Waals surface area contributed by atoms with Crippen molar-refractivity contribution in [2.24, 2.45) is 5.41 Å². The van der Waals surface area contributed by atoms with Gasteiger partial charge >= 0.3 is 0 Å². The van der Waals surface area contributed by atoms with E-state index in [4.69, 9.17) is 9.47 Å². The van der Waals surface area contributed by atoms with Gasteiger partial charge in [-0.3, -0.25) is 9.59 Å². The van der Waals surface area contributed by atoms with Crippen LogP contribution in [-0.2, 0) is 9.59 Å². The Morgan fingerprint density at radius 1 is 1.03 bits per heavy atom. The summed E-state index contributed by atoms with van der Waals surface area (Å²) in [7, 11) is 3.18. The smallest absolute Gasteiger partial charge is 0.254 e. The molecule has 0 unspecified atom stereocenters. The van der Waals surface area contributed by atoms with Crippen LogP contribution in [0.3, 0.4) is 0 Å². The highest BCUT2D eigenvalue weighted by atomic mass is 16.5. The van der Waals surface area contributed by atoms with Crippen LogP contribution in [0.4, 0.5) is 5.69 Å². The predicted octanol–water partition coefficient (Wildman–Crippen LogP) is 4.95. The number of ketones is 1. The summed E-state index contributed by atoms with van der Waals surface area (Å²) in [4.78, 5) is 27.0. The van der Waals surface area contributed by atoms with Crippen LogP contribution in [0.1, 0.15) is 45.1 Å². The fourth-order valence-electron chi connectivity index (χ4n) is 4.80. The van der Waals surface area contributed by atoms with Crippen molar-refractivity contribution in [1.29, 1.82) is 0 Å². The minimum atomic E-state index is -0.467. The average molecular weight is 447 g/mol. The first kappa shape index (κ1) is 22.6. The number of dihydropyridines is 1. The summed E-state index contributed by atoms with van der Waals surface area (Å²) < 4.78 is 10.7. The Labute approximate surface area is 194 Å². The number of rotatable bonds is 5. The molecule has 1 atom stereocenters. The van der Waals surface area contributed by atoms with Crippen LogP contribution >= 0.6 is 0 Å². The molecule has 1 aliphatic carbocycles. The van der Waals surface area contributed by atoms with Gasteiger partial charge in [0.25, 0.3) is 5.91 Å². The van der Waals surface area contributed by atoms with Crippen LogP contribution in [-0.4, -0.2) is 25.9 Å². The fourth-order valence-corrected chi connectivity index (χ4v) is 4.80. The number of Topliss-reactive ketones (excluding diaryl/α,β-unsaturated/α-hetero) is 1. The van der Waals surface area contributed by atoms with Gasteiger partial charge in [0.1, 0.15) is 11.5 Å². The third-order valence-electron chi connectivity index (χ3n) is 6.29. The molecule has 0 saturated carbocycles. The zero-order valence-electron chi connectivity index (χ0n) is 19.7. The van der Waals surface area contributed by atoms with E-state index in [1.807, 2.05) is 43.3 Å². The van der Waals surface area contributed by atoms with E-state index in [1.54, 1.807) is 26.4 Å². The van der Waals surface area contributed by atoms with Gasteiger partial charge in [0.15, 0.2) is 5.78 Å². The first-order chi connectivity index (χ1) is 15.7. The van der Waals surface area contributed by atoms with Crippen LogP contribution in [0.2, 0.25) is 0 Å². The Morgan fingerprint density at radius 3 is 2.39 bits per heavy atom. The number of para-hydroxylation sites is 2. The predicted molar refractivity (Wildman–Crippen MR) is 128 cm³/mol. The summed E-state index contributed by atoms with van der Waals surface area (Å²) in [6.07, 6.45) is 1.19. The van der Waals surface area contributed by atoms with E-state index >= 15 is 0 Å². The number of allylic oxidation sites excluding steroid dienone is 3. The molecule has 0 aromatic heterocycles. The lowest BCUT2D eigenvalue weighted by atomic mass is 9.68. The first-order valence-corrected chi connectivity index (χ1v) is 11.1. The number of anilines is 1. The van der Waals surface area contributed by atoms with Crippen molar-refractivity contribution < 1.29 is 19.1 Å². The number of carbonyl (C=O) groups excluding carboxylic acids is 2. The van der Waals surface area contributed by atoms with Gasteiger partial charge in [0.05, 0.1) is 19.9 Å². The van der Waals surface area contributed by atoms with Crippen molar-refractivity contribution in [3.8, 4) is 11.5 Å². The van der Waals surface area contributed by atoms with Crippen molar-refractivity contribution >= 4 is 17.4 Å². The quantitative estimate of drug-likeness (QED) is 0.680. The zero-order valence-corrected chi connectivity index (χ0v) is 19.7. The maximum Gasteiger partial charge on any atom is 0.254 e. The molecule has 172 valence electrons. The van der Waals surface area contributed by atoms with Crippen LogP contribution in [0.5, 0.6) is 11.5 Å². The van der Waals surface area contributed by atoms with E-state index < -0.39 is 5.92 Å². The average Bonchev–Trinajstić information content (AvgIpc) is 2.77. The lowest BCUT2D eigenvalue weighted by molar-refractivity contribution is -0.118. The minimum absolute atomic E-state index is 0.0738. The lowest BCUT2D eigenvalue weighted by Crippen LogP contribution is -2.39. The largest absolute Gasteiger partial charge is 0.497 e. The topological polar surface area (TPSA) is 76.7 Å². The number of hydrogen-bond acceptors (Lipinski definition) is 5. The number of amides is 1. The van der Waals surface area contributed by atoms with Gasteiger partial charge in [-0.05, 0) is 48.6 Å². The van der Waals surface area contributed by atoms with Crippen molar-refractivity contribution in [2.45, 2.75) is 39.5 Å². The molecule has 1 amide bonds. The van der Waals surface area contributed by atoms with Crippen molar-refractivity contribution in [2.75, 3.05) is 19.5 Å². The second kappa shape index (κ2) is 8.77. The molecular formula is C27H30N2O4. The second-order valence-corrected chi connectivity index (χ2v) is 9.36. The van der Waals surface area contributed by atoms with Crippen molar-refractivity contribution in [1.82, 2.24) is 5.32 Å². The molecule has 0 spiro atoms. The molecule has 1 heterocycles. The molecular weight excluding hydrogens is 416 g/mol. The van der Waals surface area contributed by atoms with Crippen LogP contribution in [0.25, 0.3) is 0 Å². The summed E-state index contributed by atoms with van der Waals surface area (Å²) in [6, 6.07) is 14.9. The maximum atomic E-state index is 13.6. The van der Waals surface area contributed by atoms with Crippen LogP contribution in [0, 0.1) is 5.41 Å². The summed E-state index contributed by atoms with van der Waals surface area (Å²) in [6.45, 7) is 6.09. The molecule has 0 saturated heterocycles. The number of nitrogens with one attached hydrogen (secondary N) is 2. The van der Waals surface area contributed by atoms with Crippen LogP contribution < -0.4 is 20.1 Å². The Bertz CT molecular complexity index is 1160. The number of benzene rings is 2. The molecule has 4 rings (SSSR count). The Hall–Kier alpha value is -3.54. The Morgan fingerprint density at radius 2 is 1.73 bits per heavy atom. The fraction of sp³-hybridized carbons (Fsp3) is 0.333. The standard InChI is InChI=1S/C27H30N2O4/c1-16-23(26(31)29-19-8-6-7-9-22(19)33-5)24(17-10-12-18(32-4)13-11-17)25-20(28-16)14-27(2,3)15-21(25)30/h6-13,24,28H,14-15H2,1-5H3,(H,29,31)/t24-/m1/s1. The second-order valence-electron chi connectivity index (χ2n) is 9.36. The summed E-state index contributed by atoms with van der Waals surface area (Å²) in [5, 5.41) is 6.38. The van der Waals surface area contributed by atoms with Crippen LogP contribution in [0.15, 0.2) is 71.1 Å². The number of methoxy groups -OCH3 is 2. The van der Waals surface area contributed by atoms with Gasteiger partial charge in [0.2, 0.25) is 0 Å². The van der Waals surface area contributed by atoms with E-state index in [9.17, 15) is 9.59 Å². The minimum Gasteiger partial charge on any atom is -0.497 e. The molecule has 0 radical (unpaired) electrons. The maximum absolute atomic E-state index is 13.6. The summed E-state index contributed by atoms with van der Waals surface area (Å²) >= 11 is 0. The van der Waals surface area contributed by atoms with E-state index in [1.165, 1.54) is 0 Å². The van der Waals surface area contributed by atoms with E-state index in [-0.39, 0.29) is 17.1 Å². The third-order valence-corrected chi connectivity index (χ3v) is 6.29. The van der Waals surface area contributed by atoms with Gasteiger partial charge in [-0.25, -0.2) is 0 Å².